The number of nitrogens with zero attached hydrogens (tertiary/aromatic N) is 2. The SMILES string of the molecule is [3H]c1c([3H])c([N+](=O)[O-])c([3H])c([3H])c1N=C=O. The quantitative estimate of drug-likeness (QED) is 0.294. The minimum absolute atomic E-state index is 0.560. The fourth-order valence-corrected chi connectivity index (χ4v) is 0.492. The topological polar surface area (TPSA) is 72.6 Å². The van der Waals surface area contributed by atoms with Gasteiger partial charge in [-0.05, 0) is 12.1 Å². The Balaban J connectivity index is 3.76. The molecule has 0 saturated heterocycles. The van der Waals surface area contributed by atoms with Crippen molar-refractivity contribution in [1.82, 2.24) is 0 Å². The summed E-state index contributed by atoms with van der Waals surface area (Å²) in [5.74, 6) is 0. The second-order valence-corrected chi connectivity index (χ2v) is 1.66. The molecule has 0 radical (unpaired) electrons. The van der Waals surface area contributed by atoms with Crippen molar-refractivity contribution >= 4 is 17.5 Å². The highest BCUT2D eigenvalue weighted by Crippen LogP contribution is 2.16. The first kappa shape index (κ1) is 4.13. The van der Waals surface area contributed by atoms with Gasteiger partial charge in [-0.1, -0.05) is 0 Å². The van der Waals surface area contributed by atoms with Crippen molar-refractivity contribution in [1.29, 1.82) is 0 Å². The summed E-state index contributed by atoms with van der Waals surface area (Å²) in [4.78, 5) is 22.5. The molecule has 12 heavy (non-hydrogen) atoms. The molecule has 5 nitrogen and oxygen atoms in total. The summed E-state index contributed by atoms with van der Waals surface area (Å²) in [6, 6.07) is -3.17. The fourth-order valence-electron chi connectivity index (χ4n) is 0.492. The molecular weight excluding hydrogens is 160 g/mol. The number of hydrogen-bond acceptors (Lipinski definition) is 4. The Morgan fingerprint density at radius 2 is 2.08 bits per heavy atom. The molecule has 0 aliphatic carbocycles. The average Bonchev–Trinajstić information content (AvgIpc) is 2.21. The predicted molar refractivity (Wildman–Crippen MR) is 40.9 cm³/mol. The van der Waals surface area contributed by atoms with E-state index < -0.39 is 40.5 Å². The van der Waals surface area contributed by atoms with Gasteiger partial charge in [-0.3, -0.25) is 10.1 Å². The molecule has 0 aromatic heterocycles. The summed E-state index contributed by atoms with van der Waals surface area (Å²) in [5.41, 5.74) is -1.50. The van der Waals surface area contributed by atoms with Gasteiger partial charge in [0.1, 0.15) is 0 Å². The number of benzene rings is 1. The smallest absolute Gasteiger partial charge is 0.258 e. The van der Waals surface area contributed by atoms with Crippen LogP contribution in [0.25, 0.3) is 0 Å². The molecule has 0 amide bonds. The van der Waals surface area contributed by atoms with Crippen LogP contribution >= 0.6 is 0 Å². The normalized spacial score (nSPS) is 13.3. The largest absolute Gasteiger partial charge is 0.269 e. The van der Waals surface area contributed by atoms with Crippen molar-refractivity contribution in [2.45, 2.75) is 0 Å². The van der Waals surface area contributed by atoms with Gasteiger partial charge in [0, 0.05) is 12.1 Å². The minimum Gasteiger partial charge on any atom is -0.258 e. The lowest BCUT2D eigenvalue weighted by Crippen LogP contribution is -1.85. The molecule has 1 aromatic rings. The highest BCUT2D eigenvalue weighted by atomic mass is 16.6. The van der Waals surface area contributed by atoms with Crippen LogP contribution in [-0.2, 0) is 4.79 Å². The number of nitro benzene ring substituents is 1. The molecule has 0 atom stereocenters. The Morgan fingerprint density at radius 3 is 2.50 bits per heavy atom. The molecule has 0 aliphatic rings. The predicted octanol–water partition coefficient (Wildman–Crippen LogP) is 1.56. The molecule has 0 N–H and O–H groups in total. The van der Waals surface area contributed by atoms with Gasteiger partial charge < -0.3 is 0 Å². The zero-order valence-corrected chi connectivity index (χ0v) is 5.62. The summed E-state index contributed by atoms with van der Waals surface area (Å²) in [7, 11) is 0. The van der Waals surface area contributed by atoms with Gasteiger partial charge in [0.2, 0.25) is 6.08 Å². The Hall–Kier alpha value is -2.00. The van der Waals surface area contributed by atoms with Crippen molar-refractivity contribution in [2.24, 2.45) is 4.99 Å². The van der Waals surface area contributed by atoms with E-state index in [0.29, 0.717) is 0 Å². The van der Waals surface area contributed by atoms with Crippen LogP contribution in [0.1, 0.15) is 5.48 Å². The highest BCUT2D eigenvalue weighted by Gasteiger charge is 2.02. The van der Waals surface area contributed by atoms with E-state index >= 15 is 0 Å². The molecule has 0 bridgehead atoms. The molecule has 0 fully saturated rings. The molecule has 1 aromatic carbocycles. The average molecular weight is 172 g/mol. The fraction of sp³-hybridized carbons (Fsp3) is 0. The third-order valence-corrected chi connectivity index (χ3v) is 0.939. The lowest BCUT2D eigenvalue weighted by Gasteiger charge is -1.89. The molecule has 5 heteroatoms. The second kappa shape index (κ2) is 3.41. The highest BCUT2D eigenvalue weighted by molar-refractivity contribution is 5.51. The van der Waals surface area contributed by atoms with E-state index in [-0.39, 0.29) is 0 Å². The van der Waals surface area contributed by atoms with Gasteiger partial charge in [-0.2, -0.15) is 4.99 Å². The summed E-state index contributed by atoms with van der Waals surface area (Å²) in [5, 5.41) is 10.5. The van der Waals surface area contributed by atoms with Gasteiger partial charge in [0.15, 0.2) is 0 Å². The minimum atomic E-state index is -1.02. The molecule has 0 spiro atoms. The number of nitro groups is 1. The van der Waals surface area contributed by atoms with E-state index in [4.69, 9.17) is 5.48 Å². The number of hydrogen-bond donors (Lipinski definition) is 0. The van der Waals surface area contributed by atoms with Gasteiger partial charge >= 0.3 is 0 Å². The monoisotopic (exact) mass is 172 g/mol. The van der Waals surface area contributed by atoms with Crippen LogP contribution in [0.2, 0.25) is 0 Å². The van der Waals surface area contributed by atoms with E-state index in [9.17, 15) is 14.9 Å². The maximum absolute atomic E-state index is 10.5. The molecule has 0 heterocycles. The number of rotatable bonds is 2. The molecule has 1 rings (SSSR count). The third-order valence-electron chi connectivity index (χ3n) is 0.939. The molecule has 0 saturated carbocycles. The van der Waals surface area contributed by atoms with E-state index in [1.54, 1.807) is 0 Å². The van der Waals surface area contributed by atoms with Crippen LogP contribution < -0.4 is 0 Å². The van der Waals surface area contributed by atoms with Crippen molar-refractivity contribution < 1.29 is 15.2 Å². The summed E-state index contributed by atoms with van der Waals surface area (Å²) in [6.45, 7) is 0. The lowest BCUT2D eigenvalue weighted by atomic mass is 10.3. The van der Waals surface area contributed by atoms with Crippen molar-refractivity contribution in [3.05, 3.63) is 34.3 Å². The summed E-state index contributed by atoms with van der Waals surface area (Å²) < 4.78 is 29.1. The van der Waals surface area contributed by atoms with Crippen molar-refractivity contribution in [3.8, 4) is 0 Å². The molecule has 0 unspecified atom stereocenters. The molecular formula is C7H4N2O3. The second-order valence-electron chi connectivity index (χ2n) is 1.66. The number of isocyanates is 1. The van der Waals surface area contributed by atoms with E-state index in [1.165, 1.54) is 0 Å². The number of aliphatic imine (C=N–C) groups is 1. The van der Waals surface area contributed by atoms with Crippen LogP contribution in [0.5, 0.6) is 0 Å². The van der Waals surface area contributed by atoms with E-state index in [2.05, 4.69) is 4.99 Å². The summed E-state index contributed by atoms with van der Waals surface area (Å²) >= 11 is 0. The summed E-state index contributed by atoms with van der Waals surface area (Å²) in [6.07, 6.45) is 1.07. The Labute approximate surface area is 73.1 Å². The van der Waals surface area contributed by atoms with Gasteiger partial charge in [0.05, 0.1) is 16.1 Å². The van der Waals surface area contributed by atoms with E-state index in [0.717, 1.165) is 6.08 Å². The van der Waals surface area contributed by atoms with Crippen LogP contribution in [0, 0.1) is 10.1 Å². The van der Waals surface area contributed by atoms with Crippen LogP contribution in [0.3, 0.4) is 0 Å². The van der Waals surface area contributed by atoms with Gasteiger partial charge in [-0.15, -0.1) is 0 Å². The zero-order chi connectivity index (χ0) is 12.5. The van der Waals surface area contributed by atoms with Crippen LogP contribution in [0.15, 0.2) is 29.2 Å². The zero-order valence-electron chi connectivity index (χ0n) is 9.62. The third kappa shape index (κ3) is 1.74. The van der Waals surface area contributed by atoms with Crippen molar-refractivity contribution in [3.63, 3.8) is 0 Å². The molecule has 0 aliphatic heterocycles. The number of carbonyl (C=O) groups excluding carboxylic acids is 1. The lowest BCUT2D eigenvalue weighted by molar-refractivity contribution is -0.384. The van der Waals surface area contributed by atoms with Gasteiger partial charge in [0.25, 0.3) is 5.69 Å². The van der Waals surface area contributed by atoms with E-state index in [1.807, 2.05) is 0 Å². The van der Waals surface area contributed by atoms with Crippen LogP contribution in [-0.4, -0.2) is 11.0 Å². The first-order valence-corrected chi connectivity index (χ1v) is 2.74. The Kier molecular flexibility index (Phi) is 1.17. The standard InChI is InChI=1S/C7H4N2O3/c10-5-8-6-1-3-7(4-2-6)9(11)12/h1-4H/i1T,2T,3T,4T. The van der Waals surface area contributed by atoms with Crippen molar-refractivity contribution in [2.75, 3.05) is 0 Å². The van der Waals surface area contributed by atoms with Crippen LogP contribution in [0.4, 0.5) is 11.4 Å². The first-order valence-electron chi connectivity index (χ1n) is 4.74. The first-order chi connectivity index (χ1) is 7.41. The Bertz CT molecular complexity index is 463. The maximum Gasteiger partial charge on any atom is 0.269 e. The van der Waals surface area contributed by atoms with Gasteiger partial charge in [-0.25, -0.2) is 4.79 Å². The Morgan fingerprint density at radius 1 is 1.50 bits per heavy atom. The molecule has 60 valence electrons. The maximum atomic E-state index is 10.5.